The molecule has 1 saturated carbocycles. The fourth-order valence-corrected chi connectivity index (χ4v) is 6.92. The van der Waals surface area contributed by atoms with E-state index >= 15 is 0 Å². The van der Waals surface area contributed by atoms with Crippen LogP contribution in [0.25, 0.3) is 0 Å². The summed E-state index contributed by atoms with van der Waals surface area (Å²) in [5.41, 5.74) is 12.6. The molecule has 9 nitrogen and oxygen atoms in total. The van der Waals surface area contributed by atoms with Crippen molar-refractivity contribution in [3.05, 3.63) is 0 Å². The summed E-state index contributed by atoms with van der Waals surface area (Å²) in [5.74, 6) is -0.211. The molecule has 0 aromatic rings. The van der Waals surface area contributed by atoms with Gasteiger partial charge >= 0.3 is 0 Å². The summed E-state index contributed by atoms with van der Waals surface area (Å²) in [6.45, 7) is 8.39. The fourth-order valence-electron chi connectivity index (χ4n) is 6.92. The van der Waals surface area contributed by atoms with Crippen LogP contribution < -0.4 is 22.1 Å². The van der Waals surface area contributed by atoms with Crippen LogP contribution in [0.4, 0.5) is 0 Å². The van der Waals surface area contributed by atoms with Crippen LogP contribution >= 0.6 is 0 Å². The quantitative estimate of drug-likeness (QED) is 0.297. The van der Waals surface area contributed by atoms with Gasteiger partial charge < -0.3 is 31.3 Å². The van der Waals surface area contributed by atoms with E-state index in [2.05, 4.69) is 28.5 Å². The summed E-state index contributed by atoms with van der Waals surface area (Å²) in [5, 5.41) is 16.0. The van der Waals surface area contributed by atoms with Crippen LogP contribution in [0, 0.1) is 23.2 Å². The zero-order chi connectivity index (χ0) is 23.4. The average Bonchev–Trinajstić information content (AvgIpc) is 3.02. The molecule has 3 heterocycles. The van der Waals surface area contributed by atoms with E-state index in [-0.39, 0.29) is 24.2 Å². The molecule has 1 amide bonds. The highest BCUT2D eigenvalue weighted by Gasteiger charge is 2.57. The summed E-state index contributed by atoms with van der Waals surface area (Å²) in [6.07, 6.45) is 7.06. The number of carbonyl (C=O) groups is 1. The van der Waals surface area contributed by atoms with Crippen LogP contribution in [0.5, 0.6) is 0 Å². The number of nitriles is 1. The lowest BCUT2D eigenvalue weighted by molar-refractivity contribution is -0.953. The Morgan fingerprint density at radius 1 is 1.30 bits per heavy atom. The number of quaternary nitrogens is 1. The Morgan fingerprint density at radius 3 is 2.79 bits per heavy atom. The van der Waals surface area contributed by atoms with Gasteiger partial charge in [0.2, 0.25) is 5.91 Å². The minimum Gasteiger partial charge on any atom is -0.373 e. The molecule has 2 bridgehead atoms. The molecule has 4 rings (SSSR count). The Kier molecular flexibility index (Phi) is 8.26. The van der Waals surface area contributed by atoms with E-state index in [4.69, 9.17) is 16.2 Å². The summed E-state index contributed by atoms with van der Waals surface area (Å²) >= 11 is 0. The van der Waals surface area contributed by atoms with Gasteiger partial charge in [-0.1, -0.05) is 19.3 Å². The van der Waals surface area contributed by atoms with Gasteiger partial charge in [0.05, 0.1) is 56.7 Å². The van der Waals surface area contributed by atoms with Gasteiger partial charge in [0.1, 0.15) is 5.92 Å². The second-order valence-electron chi connectivity index (χ2n) is 10.7. The highest BCUT2D eigenvalue weighted by atomic mass is 16.5. The summed E-state index contributed by atoms with van der Waals surface area (Å²) in [7, 11) is 0. The minimum absolute atomic E-state index is 0.0285. The molecule has 6 N–H and O–H groups in total. The van der Waals surface area contributed by atoms with E-state index in [1.165, 1.54) is 19.3 Å². The molecule has 0 radical (unpaired) electrons. The summed E-state index contributed by atoms with van der Waals surface area (Å²) in [4.78, 5) is 16.1. The van der Waals surface area contributed by atoms with Crippen molar-refractivity contribution >= 4 is 5.91 Å². The van der Waals surface area contributed by atoms with Gasteiger partial charge in [-0.05, 0) is 32.7 Å². The van der Waals surface area contributed by atoms with Crippen LogP contribution in [0.2, 0.25) is 0 Å². The number of fused-ring (bicyclic) bond motifs is 2. The molecule has 33 heavy (non-hydrogen) atoms. The Bertz CT molecular complexity index is 707. The number of rotatable bonds is 8. The minimum atomic E-state index is -0.735. The molecule has 4 fully saturated rings. The number of hydrogen-bond acceptors (Lipinski definition) is 7. The first-order valence-corrected chi connectivity index (χ1v) is 13.1. The summed E-state index contributed by atoms with van der Waals surface area (Å²) < 4.78 is 7.31. The Labute approximate surface area is 198 Å². The predicted molar refractivity (Wildman–Crippen MR) is 126 cm³/mol. The Morgan fingerprint density at radius 2 is 2.09 bits per heavy atom. The molecule has 0 spiro atoms. The van der Waals surface area contributed by atoms with E-state index < -0.39 is 12.1 Å². The number of nitrogens with two attached hydrogens (primary N) is 2. The SMILES string of the molecule is CC[N+]12CCN(CC(CC#N)C1)C2C(C(=O)NC1CNCCC1OC1CCCCC1)C(N)N. The Balaban J connectivity index is 1.47. The Hall–Kier alpha value is -1.28. The molecule has 9 heteroatoms. The number of hydrogen-bond donors (Lipinski definition) is 4. The first-order chi connectivity index (χ1) is 16.0. The lowest BCUT2D eigenvalue weighted by atomic mass is 9.91. The first kappa shape index (κ1) is 24.8. The number of amides is 1. The van der Waals surface area contributed by atoms with Gasteiger partial charge in [0.15, 0.2) is 6.17 Å². The maximum absolute atomic E-state index is 13.7. The third kappa shape index (κ3) is 5.37. The first-order valence-electron chi connectivity index (χ1n) is 13.1. The van der Waals surface area contributed by atoms with E-state index in [0.29, 0.717) is 25.0 Å². The second-order valence-corrected chi connectivity index (χ2v) is 10.7. The maximum Gasteiger partial charge on any atom is 0.234 e. The molecule has 7 unspecified atom stereocenters. The van der Waals surface area contributed by atoms with Crippen LogP contribution in [0.15, 0.2) is 0 Å². The molecule has 186 valence electrons. The molecule has 1 aliphatic carbocycles. The van der Waals surface area contributed by atoms with Gasteiger partial charge in [-0.15, -0.1) is 0 Å². The molecular weight excluding hydrogens is 418 g/mol. The number of nitrogens with one attached hydrogen (secondary N) is 2. The van der Waals surface area contributed by atoms with E-state index in [9.17, 15) is 10.1 Å². The monoisotopic (exact) mass is 462 g/mol. The van der Waals surface area contributed by atoms with Crippen molar-refractivity contribution < 1.29 is 14.0 Å². The topological polar surface area (TPSA) is 129 Å². The van der Waals surface area contributed by atoms with E-state index in [1.807, 2.05) is 0 Å². The molecule has 4 aliphatic rings. The maximum atomic E-state index is 13.7. The van der Waals surface area contributed by atoms with Gasteiger partial charge in [-0.3, -0.25) is 4.79 Å². The number of nitrogens with zero attached hydrogens (tertiary/aromatic N) is 3. The number of carbonyl (C=O) groups excluding carboxylic acids is 1. The third-order valence-corrected chi connectivity index (χ3v) is 8.60. The lowest BCUT2D eigenvalue weighted by Gasteiger charge is -2.50. The highest BCUT2D eigenvalue weighted by Crippen LogP contribution is 2.37. The van der Waals surface area contributed by atoms with Crippen LogP contribution in [-0.4, -0.2) is 91.7 Å². The smallest absolute Gasteiger partial charge is 0.234 e. The fraction of sp³-hybridized carbons (Fsp3) is 0.917. The predicted octanol–water partition coefficient (Wildman–Crippen LogP) is 0.0640. The van der Waals surface area contributed by atoms with Gasteiger partial charge in [-0.2, -0.15) is 5.26 Å². The molecule has 0 aromatic heterocycles. The molecule has 3 saturated heterocycles. The zero-order valence-electron chi connectivity index (χ0n) is 20.3. The average molecular weight is 463 g/mol. The van der Waals surface area contributed by atoms with E-state index in [1.54, 1.807) is 0 Å². The lowest BCUT2D eigenvalue weighted by Crippen LogP contribution is -2.70. The normalized spacial score (nSPS) is 38.1. The van der Waals surface area contributed by atoms with Crippen LogP contribution in [-0.2, 0) is 9.53 Å². The van der Waals surface area contributed by atoms with Crippen LogP contribution in [0.1, 0.15) is 51.9 Å². The zero-order valence-corrected chi connectivity index (χ0v) is 20.3. The van der Waals surface area contributed by atoms with Crippen molar-refractivity contribution in [3.63, 3.8) is 0 Å². The number of piperidine rings is 1. The van der Waals surface area contributed by atoms with Crippen molar-refractivity contribution in [2.45, 2.75) is 82.5 Å². The molecule has 7 atom stereocenters. The van der Waals surface area contributed by atoms with Crippen molar-refractivity contribution in [3.8, 4) is 6.07 Å². The molecule has 0 aromatic carbocycles. The van der Waals surface area contributed by atoms with Gasteiger partial charge in [0, 0.05) is 25.4 Å². The van der Waals surface area contributed by atoms with Gasteiger partial charge in [-0.25, -0.2) is 4.90 Å². The largest absolute Gasteiger partial charge is 0.373 e. The number of likely N-dealkylation sites (N-methyl/N-ethyl adjacent to an activating group) is 1. The second kappa shape index (κ2) is 11.0. The van der Waals surface area contributed by atoms with Crippen LogP contribution in [0.3, 0.4) is 0 Å². The van der Waals surface area contributed by atoms with Gasteiger partial charge in [0.25, 0.3) is 0 Å². The number of ether oxygens (including phenoxy) is 1. The van der Waals surface area contributed by atoms with Crippen molar-refractivity contribution in [1.82, 2.24) is 15.5 Å². The van der Waals surface area contributed by atoms with Crippen molar-refractivity contribution in [2.24, 2.45) is 23.3 Å². The van der Waals surface area contributed by atoms with Crippen molar-refractivity contribution in [2.75, 3.05) is 45.8 Å². The van der Waals surface area contributed by atoms with E-state index in [0.717, 1.165) is 63.0 Å². The highest BCUT2D eigenvalue weighted by molar-refractivity contribution is 5.80. The third-order valence-electron chi connectivity index (χ3n) is 8.60. The van der Waals surface area contributed by atoms with Crippen molar-refractivity contribution in [1.29, 1.82) is 5.26 Å². The molecular formula is C24H44N7O2+. The summed E-state index contributed by atoms with van der Waals surface area (Å²) in [6, 6.07) is 2.28. The molecule has 3 aliphatic heterocycles. The standard InChI is InChI=1S/C24H43N7O2/c1-2-31-13-12-30(15-17(16-31)8-10-25)24(31)21(22(26)27)23(32)29-19-14-28-11-9-20(19)33-18-6-4-3-5-7-18/h17-22,24,28H,2-9,11-16,26-27H2,1H3/p+1.